The van der Waals surface area contributed by atoms with Crippen LogP contribution in [-0.4, -0.2) is 34.7 Å². The van der Waals surface area contributed by atoms with E-state index in [-0.39, 0.29) is 24.1 Å². The molecule has 0 aliphatic heterocycles. The first-order chi connectivity index (χ1) is 15.0. The van der Waals surface area contributed by atoms with Gasteiger partial charge in [0.05, 0.1) is 12.0 Å². The predicted octanol–water partition coefficient (Wildman–Crippen LogP) is 4.17. The number of amides is 1. The lowest BCUT2D eigenvalue weighted by Gasteiger charge is -2.17. The molecule has 0 saturated heterocycles. The number of carbonyl (C=O) groups excluding carboxylic acids is 2. The van der Waals surface area contributed by atoms with Gasteiger partial charge < -0.3 is 9.15 Å². The Kier molecular flexibility index (Phi) is 5.53. The van der Waals surface area contributed by atoms with Crippen molar-refractivity contribution in [1.29, 1.82) is 0 Å². The third-order valence-corrected chi connectivity index (χ3v) is 4.87. The number of carbonyl (C=O) groups is 2. The summed E-state index contributed by atoms with van der Waals surface area (Å²) in [4.78, 5) is 31.3. The number of ketones is 1. The number of rotatable bonds is 7. The van der Waals surface area contributed by atoms with E-state index < -0.39 is 5.82 Å². The summed E-state index contributed by atoms with van der Waals surface area (Å²) in [6.07, 6.45) is 3.80. The Hall–Kier alpha value is -3.94. The molecule has 0 unspecified atom stereocenters. The van der Waals surface area contributed by atoms with Crippen LogP contribution in [-0.2, 0) is 6.42 Å². The van der Waals surface area contributed by atoms with E-state index in [4.69, 9.17) is 9.15 Å². The van der Waals surface area contributed by atoms with Crippen molar-refractivity contribution in [2.24, 2.45) is 0 Å². The molecule has 0 atom stereocenters. The van der Waals surface area contributed by atoms with Gasteiger partial charge in [-0.3, -0.25) is 18.9 Å². The second-order valence-electron chi connectivity index (χ2n) is 6.86. The lowest BCUT2D eigenvalue weighted by atomic mass is 10.1. The van der Waals surface area contributed by atoms with Crippen molar-refractivity contribution in [1.82, 2.24) is 9.38 Å². The normalized spacial score (nSPS) is 10.9. The molecule has 0 aliphatic rings. The van der Waals surface area contributed by atoms with Crippen molar-refractivity contribution in [3.05, 3.63) is 83.8 Å². The average molecular weight is 421 g/mol. The third kappa shape index (κ3) is 3.92. The highest BCUT2D eigenvalue weighted by molar-refractivity contribution is 6.04. The maximum absolute atomic E-state index is 13.1. The highest BCUT2D eigenvalue weighted by Crippen LogP contribution is 2.29. The number of hydrogen-bond donors (Lipinski definition) is 0. The van der Waals surface area contributed by atoms with Crippen molar-refractivity contribution in [3.63, 3.8) is 0 Å². The zero-order chi connectivity index (χ0) is 22.0. The highest BCUT2D eigenvalue weighted by atomic mass is 19.1. The van der Waals surface area contributed by atoms with Gasteiger partial charge in [-0.15, -0.1) is 0 Å². The molecule has 0 bridgehead atoms. The molecule has 1 aromatic carbocycles. The zero-order valence-corrected chi connectivity index (χ0v) is 17.0. The minimum absolute atomic E-state index is 0.219. The van der Waals surface area contributed by atoms with Crippen LogP contribution in [0, 0.1) is 5.82 Å². The highest BCUT2D eigenvalue weighted by Gasteiger charge is 2.24. The smallest absolute Gasteiger partial charge is 0.294 e. The molecule has 0 saturated carbocycles. The summed E-state index contributed by atoms with van der Waals surface area (Å²) in [5.74, 6) is 0.213. The predicted molar refractivity (Wildman–Crippen MR) is 112 cm³/mol. The molecule has 7 nitrogen and oxygen atoms in total. The van der Waals surface area contributed by atoms with Crippen LogP contribution in [0.4, 0.5) is 10.2 Å². The number of aromatic nitrogens is 2. The fourth-order valence-corrected chi connectivity index (χ4v) is 3.31. The summed E-state index contributed by atoms with van der Waals surface area (Å²) in [5, 5.41) is 0. The Morgan fingerprint density at radius 2 is 1.94 bits per heavy atom. The molecule has 0 N–H and O–H groups in total. The lowest BCUT2D eigenvalue weighted by Crippen LogP contribution is -2.28. The van der Waals surface area contributed by atoms with E-state index in [1.165, 1.54) is 35.4 Å². The molecule has 4 aromatic rings. The van der Waals surface area contributed by atoms with Crippen molar-refractivity contribution in [2.45, 2.75) is 13.3 Å². The van der Waals surface area contributed by atoms with E-state index in [9.17, 15) is 14.0 Å². The van der Waals surface area contributed by atoms with Crippen molar-refractivity contribution in [2.75, 3.05) is 18.6 Å². The van der Waals surface area contributed by atoms with Crippen LogP contribution in [0.15, 0.2) is 65.4 Å². The second-order valence-corrected chi connectivity index (χ2v) is 6.86. The molecule has 3 heterocycles. The molecule has 0 fully saturated rings. The van der Waals surface area contributed by atoms with Crippen molar-refractivity contribution >= 4 is 23.2 Å². The number of hydrogen-bond acceptors (Lipinski definition) is 5. The monoisotopic (exact) mass is 421 g/mol. The minimum atomic E-state index is -0.410. The van der Waals surface area contributed by atoms with Gasteiger partial charge in [0.1, 0.15) is 11.6 Å². The SMILES string of the molecule is CCc1nc2c(OCC(=O)c3ccc(F)cc3)cccn2c1N(C)C(=O)c1ccco1. The van der Waals surface area contributed by atoms with Gasteiger partial charge in [-0.25, -0.2) is 9.37 Å². The number of benzene rings is 1. The molecule has 0 radical (unpaired) electrons. The Balaban J connectivity index is 1.63. The first kappa shape index (κ1) is 20.3. The molecule has 158 valence electrons. The number of Topliss-reactive ketones (excluding diaryl/α,β-unsaturated/α-hetero) is 1. The minimum Gasteiger partial charge on any atom is -0.482 e. The Labute approximate surface area is 177 Å². The van der Waals surface area contributed by atoms with Gasteiger partial charge >= 0.3 is 0 Å². The van der Waals surface area contributed by atoms with E-state index in [1.54, 1.807) is 41.9 Å². The van der Waals surface area contributed by atoms with E-state index in [2.05, 4.69) is 4.98 Å². The quantitative estimate of drug-likeness (QED) is 0.419. The van der Waals surface area contributed by atoms with Crippen LogP contribution in [0.1, 0.15) is 33.5 Å². The summed E-state index contributed by atoms with van der Waals surface area (Å²) >= 11 is 0. The average Bonchev–Trinajstić information content (AvgIpc) is 3.45. The maximum Gasteiger partial charge on any atom is 0.294 e. The summed E-state index contributed by atoms with van der Waals surface area (Å²) < 4.78 is 25.8. The topological polar surface area (TPSA) is 77.0 Å². The first-order valence-electron chi connectivity index (χ1n) is 9.72. The molecule has 31 heavy (non-hydrogen) atoms. The second kappa shape index (κ2) is 8.43. The molecule has 0 spiro atoms. The molecule has 0 aliphatic carbocycles. The molecular formula is C23H20FN3O4. The van der Waals surface area contributed by atoms with Gasteiger partial charge in [0, 0.05) is 18.8 Å². The fourth-order valence-electron chi connectivity index (χ4n) is 3.31. The molecule has 1 amide bonds. The van der Waals surface area contributed by atoms with Gasteiger partial charge in [-0.05, 0) is 55.0 Å². The number of aryl methyl sites for hydroxylation is 1. The zero-order valence-electron chi connectivity index (χ0n) is 17.0. The number of ether oxygens (including phenoxy) is 1. The summed E-state index contributed by atoms with van der Waals surface area (Å²) in [7, 11) is 1.65. The Morgan fingerprint density at radius 3 is 2.61 bits per heavy atom. The van der Waals surface area contributed by atoms with E-state index in [0.29, 0.717) is 34.9 Å². The van der Waals surface area contributed by atoms with Crippen LogP contribution >= 0.6 is 0 Å². The number of anilines is 1. The lowest BCUT2D eigenvalue weighted by molar-refractivity contribution is 0.0921. The van der Waals surface area contributed by atoms with Crippen molar-refractivity contribution in [3.8, 4) is 5.75 Å². The van der Waals surface area contributed by atoms with Crippen LogP contribution < -0.4 is 9.64 Å². The third-order valence-electron chi connectivity index (χ3n) is 4.87. The number of pyridine rings is 1. The number of fused-ring (bicyclic) bond motifs is 1. The number of nitrogens with zero attached hydrogens (tertiary/aromatic N) is 3. The largest absolute Gasteiger partial charge is 0.482 e. The van der Waals surface area contributed by atoms with Crippen LogP contribution in [0.25, 0.3) is 5.65 Å². The number of imidazole rings is 1. The van der Waals surface area contributed by atoms with E-state index >= 15 is 0 Å². The number of furan rings is 1. The summed E-state index contributed by atoms with van der Waals surface area (Å²) in [6.45, 7) is 1.71. The van der Waals surface area contributed by atoms with Crippen LogP contribution in [0.3, 0.4) is 0 Å². The van der Waals surface area contributed by atoms with E-state index in [0.717, 1.165) is 0 Å². The maximum atomic E-state index is 13.1. The summed E-state index contributed by atoms with van der Waals surface area (Å²) in [5.41, 5.74) is 1.54. The fraction of sp³-hybridized carbons (Fsp3) is 0.174. The molecule has 4 rings (SSSR count). The first-order valence-corrected chi connectivity index (χ1v) is 9.72. The standard InChI is InChI=1S/C23H20FN3O4/c1-3-17-22(26(2)23(29)20-7-5-13-30-20)27-12-4-6-19(21(27)25-17)31-14-18(28)15-8-10-16(24)11-9-15/h4-13H,3,14H2,1-2H3. The van der Waals surface area contributed by atoms with Crippen molar-refractivity contribution < 1.29 is 23.1 Å². The molecule has 3 aromatic heterocycles. The Morgan fingerprint density at radius 1 is 1.16 bits per heavy atom. The molecule has 8 heteroatoms. The van der Waals surface area contributed by atoms with Crippen LogP contribution in [0.5, 0.6) is 5.75 Å². The van der Waals surface area contributed by atoms with Gasteiger partial charge in [0.25, 0.3) is 5.91 Å². The van der Waals surface area contributed by atoms with Gasteiger partial charge in [-0.2, -0.15) is 0 Å². The van der Waals surface area contributed by atoms with Crippen LogP contribution in [0.2, 0.25) is 0 Å². The van der Waals surface area contributed by atoms with Gasteiger partial charge in [0.15, 0.2) is 29.5 Å². The molecular weight excluding hydrogens is 401 g/mol. The van der Waals surface area contributed by atoms with E-state index in [1.807, 2.05) is 6.92 Å². The summed E-state index contributed by atoms with van der Waals surface area (Å²) in [6, 6.07) is 12.0. The Bertz CT molecular complexity index is 1230. The number of halogens is 1. The van der Waals surface area contributed by atoms with Gasteiger partial charge in [0.2, 0.25) is 0 Å². The van der Waals surface area contributed by atoms with Gasteiger partial charge in [-0.1, -0.05) is 6.92 Å².